The first-order chi connectivity index (χ1) is 13.6. The topological polar surface area (TPSA) is 81.2 Å². The molecule has 0 spiro atoms. The fourth-order valence-corrected chi connectivity index (χ4v) is 2.91. The molecule has 6 nitrogen and oxygen atoms in total. The molecule has 1 amide bonds. The van der Waals surface area contributed by atoms with Crippen LogP contribution in [0.3, 0.4) is 0 Å². The molecule has 1 N–H and O–H groups in total. The average Bonchev–Trinajstić information content (AvgIpc) is 3.41. The van der Waals surface area contributed by atoms with Crippen LogP contribution in [0.1, 0.15) is 34.6 Å². The first kappa shape index (κ1) is 17.7. The summed E-state index contributed by atoms with van der Waals surface area (Å²) in [6.07, 6.45) is 1.59. The van der Waals surface area contributed by atoms with E-state index >= 15 is 0 Å². The van der Waals surface area contributed by atoms with Crippen LogP contribution in [0.15, 0.2) is 75.8 Å². The number of nitrogens with zero attached hydrogens (tertiary/aromatic N) is 2. The third kappa shape index (κ3) is 3.57. The van der Waals surface area contributed by atoms with E-state index in [1.165, 1.54) is 0 Å². The van der Waals surface area contributed by atoms with Gasteiger partial charge in [0.2, 0.25) is 11.8 Å². The molecule has 0 radical (unpaired) electrons. The lowest BCUT2D eigenvalue weighted by molar-refractivity contribution is 0.0935. The van der Waals surface area contributed by atoms with Crippen molar-refractivity contribution in [2.75, 3.05) is 0 Å². The lowest BCUT2D eigenvalue weighted by atomic mass is 10.1. The van der Waals surface area contributed by atoms with E-state index in [4.69, 9.17) is 8.83 Å². The molecule has 0 aliphatic rings. The molecule has 140 valence electrons. The van der Waals surface area contributed by atoms with Gasteiger partial charge in [0.1, 0.15) is 5.76 Å². The molecular weight excluding hydrogens is 354 g/mol. The summed E-state index contributed by atoms with van der Waals surface area (Å²) in [7, 11) is 0. The fourth-order valence-electron chi connectivity index (χ4n) is 2.91. The summed E-state index contributed by atoms with van der Waals surface area (Å²) in [6.45, 7) is 3.87. The molecule has 2 heterocycles. The molecule has 0 bridgehead atoms. The Morgan fingerprint density at radius 3 is 2.43 bits per heavy atom. The van der Waals surface area contributed by atoms with Gasteiger partial charge >= 0.3 is 0 Å². The van der Waals surface area contributed by atoms with E-state index in [0.29, 0.717) is 23.1 Å². The number of nitrogens with one attached hydrogen (secondary N) is 1. The van der Waals surface area contributed by atoms with Gasteiger partial charge in [-0.1, -0.05) is 18.2 Å². The van der Waals surface area contributed by atoms with Gasteiger partial charge < -0.3 is 14.2 Å². The van der Waals surface area contributed by atoms with Crippen LogP contribution in [-0.2, 0) is 0 Å². The van der Waals surface area contributed by atoms with E-state index in [-0.39, 0.29) is 11.9 Å². The number of carbonyl (C=O) groups excluding carboxylic acids is 1. The molecule has 0 saturated heterocycles. The third-order valence-electron chi connectivity index (χ3n) is 4.51. The van der Waals surface area contributed by atoms with Crippen molar-refractivity contribution in [1.82, 2.24) is 15.5 Å². The molecule has 2 aromatic heterocycles. The maximum Gasteiger partial charge on any atom is 0.251 e. The summed E-state index contributed by atoms with van der Waals surface area (Å²) >= 11 is 0. The van der Waals surface area contributed by atoms with Crippen molar-refractivity contribution in [3.05, 3.63) is 83.8 Å². The number of hydrogen-bond donors (Lipinski definition) is 1. The van der Waals surface area contributed by atoms with Crippen molar-refractivity contribution in [1.29, 1.82) is 0 Å². The van der Waals surface area contributed by atoms with E-state index in [9.17, 15) is 4.79 Å². The van der Waals surface area contributed by atoms with Crippen LogP contribution in [-0.4, -0.2) is 16.1 Å². The highest BCUT2D eigenvalue weighted by molar-refractivity contribution is 5.94. The van der Waals surface area contributed by atoms with E-state index in [0.717, 1.165) is 16.7 Å². The fraction of sp³-hybridized carbons (Fsp3) is 0.136. The van der Waals surface area contributed by atoms with Gasteiger partial charge in [-0.05, 0) is 61.9 Å². The zero-order chi connectivity index (χ0) is 19.5. The Balaban J connectivity index is 1.49. The average molecular weight is 373 g/mol. The SMILES string of the molecule is Cc1ccccc1-c1nnc(-c2ccc(C(=O)NC(C)c3ccco3)cc2)o1. The lowest BCUT2D eigenvalue weighted by Crippen LogP contribution is -2.26. The molecule has 1 unspecified atom stereocenters. The monoisotopic (exact) mass is 373 g/mol. The highest BCUT2D eigenvalue weighted by atomic mass is 16.4. The van der Waals surface area contributed by atoms with Crippen molar-refractivity contribution in [3.63, 3.8) is 0 Å². The Labute approximate surface area is 162 Å². The lowest BCUT2D eigenvalue weighted by Gasteiger charge is -2.11. The van der Waals surface area contributed by atoms with Gasteiger partial charge in [0.05, 0.1) is 12.3 Å². The van der Waals surface area contributed by atoms with E-state index in [2.05, 4.69) is 15.5 Å². The van der Waals surface area contributed by atoms with Gasteiger partial charge in [0.25, 0.3) is 5.91 Å². The number of furan rings is 1. The van der Waals surface area contributed by atoms with E-state index < -0.39 is 0 Å². The van der Waals surface area contributed by atoms with Gasteiger partial charge in [0, 0.05) is 16.7 Å². The van der Waals surface area contributed by atoms with Gasteiger partial charge in [-0.3, -0.25) is 4.79 Å². The molecule has 0 saturated carbocycles. The molecule has 6 heteroatoms. The largest absolute Gasteiger partial charge is 0.467 e. The molecule has 0 fully saturated rings. The molecule has 4 aromatic rings. The van der Waals surface area contributed by atoms with Crippen LogP contribution in [0.4, 0.5) is 0 Å². The van der Waals surface area contributed by atoms with E-state index in [1.54, 1.807) is 36.6 Å². The minimum atomic E-state index is -0.213. The third-order valence-corrected chi connectivity index (χ3v) is 4.51. The second-order valence-electron chi connectivity index (χ2n) is 6.52. The van der Waals surface area contributed by atoms with Crippen molar-refractivity contribution < 1.29 is 13.6 Å². The Bertz CT molecular complexity index is 1080. The number of amides is 1. The summed E-state index contributed by atoms with van der Waals surface area (Å²) in [6, 6.07) is 18.3. The summed E-state index contributed by atoms with van der Waals surface area (Å²) in [5.74, 6) is 1.41. The number of aryl methyl sites for hydroxylation is 1. The molecule has 28 heavy (non-hydrogen) atoms. The highest BCUT2D eigenvalue weighted by Gasteiger charge is 2.15. The summed E-state index contributed by atoms with van der Waals surface area (Å²) in [5, 5.41) is 11.2. The van der Waals surface area contributed by atoms with Gasteiger partial charge in [-0.25, -0.2) is 0 Å². The van der Waals surface area contributed by atoms with Crippen molar-refractivity contribution >= 4 is 5.91 Å². The van der Waals surface area contributed by atoms with Crippen LogP contribution >= 0.6 is 0 Å². The Kier molecular flexibility index (Phi) is 4.76. The van der Waals surface area contributed by atoms with Crippen LogP contribution in [0, 0.1) is 6.92 Å². The molecule has 0 aliphatic carbocycles. The summed E-state index contributed by atoms with van der Waals surface area (Å²) in [4.78, 5) is 12.4. The number of carbonyl (C=O) groups is 1. The Morgan fingerprint density at radius 2 is 1.71 bits per heavy atom. The predicted molar refractivity (Wildman–Crippen MR) is 104 cm³/mol. The molecule has 4 rings (SSSR count). The minimum Gasteiger partial charge on any atom is -0.467 e. The standard InChI is InChI=1S/C22H19N3O3/c1-14-6-3-4-7-18(14)22-25-24-21(28-22)17-11-9-16(10-12-17)20(26)23-15(2)19-8-5-13-27-19/h3-13,15H,1-2H3,(H,23,26). The van der Waals surface area contributed by atoms with Crippen LogP contribution < -0.4 is 5.32 Å². The minimum absolute atomic E-state index is 0.179. The zero-order valence-corrected chi connectivity index (χ0v) is 15.5. The molecule has 1 atom stereocenters. The quantitative estimate of drug-likeness (QED) is 0.544. The normalized spacial score (nSPS) is 11.9. The zero-order valence-electron chi connectivity index (χ0n) is 15.5. The van der Waals surface area contributed by atoms with Crippen LogP contribution in [0.2, 0.25) is 0 Å². The highest BCUT2D eigenvalue weighted by Crippen LogP contribution is 2.26. The Hall–Kier alpha value is -3.67. The van der Waals surface area contributed by atoms with E-state index in [1.807, 2.05) is 44.2 Å². The van der Waals surface area contributed by atoms with Crippen molar-refractivity contribution in [3.8, 4) is 22.9 Å². The van der Waals surface area contributed by atoms with Crippen LogP contribution in [0.5, 0.6) is 0 Å². The first-order valence-electron chi connectivity index (χ1n) is 8.96. The molecular formula is C22H19N3O3. The molecule has 0 aliphatic heterocycles. The number of benzene rings is 2. The van der Waals surface area contributed by atoms with Gasteiger partial charge in [0.15, 0.2) is 0 Å². The van der Waals surface area contributed by atoms with Gasteiger partial charge in [-0.2, -0.15) is 0 Å². The number of hydrogen-bond acceptors (Lipinski definition) is 5. The molecule has 2 aromatic carbocycles. The van der Waals surface area contributed by atoms with Crippen molar-refractivity contribution in [2.24, 2.45) is 0 Å². The van der Waals surface area contributed by atoms with Crippen LogP contribution in [0.25, 0.3) is 22.9 Å². The second kappa shape index (κ2) is 7.52. The Morgan fingerprint density at radius 1 is 0.964 bits per heavy atom. The second-order valence-corrected chi connectivity index (χ2v) is 6.52. The maximum atomic E-state index is 12.4. The number of aromatic nitrogens is 2. The predicted octanol–water partition coefficient (Wildman–Crippen LogP) is 4.80. The summed E-state index contributed by atoms with van der Waals surface area (Å²) < 4.78 is 11.1. The number of rotatable bonds is 5. The smallest absolute Gasteiger partial charge is 0.251 e. The van der Waals surface area contributed by atoms with Gasteiger partial charge in [-0.15, -0.1) is 10.2 Å². The summed E-state index contributed by atoms with van der Waals surface area (Å²) in [5.41, 5.74) is 3.27. The van der Waals surface area contributed by atoms with Crippen molar-refractivity contribution in [2.45, 2.75) is 19.9 Å². The first-order valence-corrected chi connectivity index (χ1v) is 8.96. The maximum absolute atomic E-state index is 12.4.